The minimum atomic E-state index is -4.67. The van der Waals surface area contributed by atoms with Crippen molar-refractivity contribution in [1.82, 2.24) is 24.6 Å². The van der Waals surface area contributed by atoms with Crippen molar-refractivity contribution < 1.29 is 26.4 Å². The summed E-state index contributed by atoms with van der Waals surface area (Å²) < 4.78 is 68.4. The van der Waals surface area contributed by atoms with Crippen LogP contribution in [0.3, 0.4) is 0 Å². The SMILES string of the molecule is O=c1c2ccc(N3CCN(Cc4nnc(C(F)(F)F)o4)CC3)cc2ncn1CC(F)F. The van der Waals surface area contributed by atoms with Gasteiger partial charge in [0, 0.05) is 31.9 Å². The molecule has 0 aliphatic carbocycles. The number of rotatable bonds is 5. The molecule has 8 nitrogen and oxygen atoms in total. The molecule has 1 aliphatic heterocycles. The fourth-order valence-electron chi connectivity index (χ4n) is 3.41. The van der Waals surface area contributed by atoms with Crippen molar-refractivity contribution in [2.45, 2.75) is 25.7 Å². The van der Waals surface area contributed by atoms with Gasteiger partial charge in [-0.3, -0.25) is 14.3 Å². The van der Waals surface area contributed by atoms with E-state index in [0.717, 1.165) is 16.6 Å². The van der Waals surface area contributed by atoms with Crippen LogP contribution in [0.1, 0.15) is 11.8 Å². The van der Waals surface area contributed by atoms with Crippen LogP contribution in [0.2, 0.25) is 0 Å². The molecular formula is C18H17F5N6O2. The highest BCUT2D eigenvalue weighted by atomic mass is 19.4. The number of benzene rings is 1. The van der Waals surface area contributed by atoms with Gasteiger partial charge in [-0.1, -0.05) is 0 Å². The number of halogens is 5. The average molecular weight is 444 g/mol. The van der Waals surface area contributed by atoms with E-state index in [1.807, 2.05) is 9.80 Å². The van der Waals surface area contributed by atoms with Gasteiger partial charge in [0.05, 0.1) is 30.3 Å². The summed E-state index contributed by atoms with van der Waals surface area (Å²) >= 11 is 0. The predicted molar refractivity (Wildman–Crippen MR) is 98.8 cm³/mol. The molecule has 0 spiro atoms. The summed E-state index contributed by atoms with van der Waals surface area (Å²) in [6.45, 7) is 1.65. The van der Waals surface area contributed by atoms with Gasteiger partial charge in [0.15, 0.2) is 0 Å². The van der Waals surface area contributed by atoms with E-state index in [2.05, 4.69) is 19.6 Å². The first-order valence-electron chi connectivity index (χ1n) is 9.35. The normalized spacial score (nSPS) is 15.9. The first kappa shape index (κ1) is 21.2. The molecule has 1 aliphatic rings. The van der Waals surface area contributed by atoms with Gasteiger partial charge < -0.3 is 9.32 Å². The summed E-state index contributed by atoms with van der Waals surface area (Å²) in [6.07, 6.45) is -6.21. The molecule has 3 heterocycles. The zero-order valence-corrected chi connectivity index (χ0v) is 16.0. The molecule has 0 atom stereocenters. The van der Waals surface area contributed by atoms with Gasteiger partial charge in [-0.05, 0) is 18.2 Å². The topological polar surface area (TPSA) is 80.3 Å². The molecule has 0 N–H and O–H groups in total. The van der Waals surface area contributed by atoms with Crippen LogP contribution in [0.4, 0.5) is 27.6 Å². The zero-order valence-electron chi connectivity index (χ0n) is 16.0. The van der Waals surface area contributed by atoms with Crippen LogP contribution in [-0.4, -0.2) is 57.3 Å². The summed E-state index contributed by atoms with van der Waals surface area (Å²) in [5.41, 5.74) is 0.684. The van der Waals surface area contributed by atoms with E-state index in [1.54, 1.807) is 18.2 Å². The van der Waals surface area contributed by atoms with Crippen LogP contribution >= 0.6 is 0 Å². The summed E-state index contributed by atoms with van der Waals surface area (Å²) in [6, 6.07) is 5.00. The molecule has 31 heavy (non-hydrogen) atoms. The summed E-state index contributed by atoms with van der Waals surface area (Å²) in [7, 11) is 0. The second-order valence-corrected chi connectivity index (χ2v) is 7.06. The Morgan fingerprint density at radius 2 is 1.84 bits per heavy atom. The van der Waals surface area contributed by atoms with Crippen molar-refractivity contribution in [1.29, 1.82) is 0 Å². The van der Waals surface area contributed by atoms with Crippen molar-refractivity contribution in [2.75, 3.05) is 31.1 Å². The van der Waals surface area contributed by atoms with Crippen molar-refractivity contribution in [2.24, 2.45) is 0 Å². The second-order valence-electron chi connectivity index (χ2n) is 7.06. The standard InChI is InChI=1S/C18H17F5N6O2/c19-14(20)8-29-10-24-13-7-11(1-2-12(13)16(29)30)28-5-3-27(4-6-28)9-15-25-26-17(31-15)18(21,22)23/h1-2,7,10,14H,3-6,8-9H2. The third-order valence-electron chi connectivity index (χ3n) is 4.95. The van der Waals surface area contributed by atoms with Gasteiger partial charge in [-0.15, -0.1) is 10.2 Å². The zero-order chi connectivity index (χ0) is 22.2. The first-order valence-corrected chi connectivity index (χ1v) is 9.35. The molecule has 0 bridgehead atoms. The number of fused-ring (bicyclic) bond motifs is 1. The molecule has 4 rings (SSSR count). The van der Waals surface area contributed by atoms with Crippen molar-refractivity contribution in [3.8, 4) is 0 Å². The van der Waals surface area contributed by atoms with Crippen LogP contribution < -0.4 is 10.5 Å². The third-order valence-corrected chi connectivity index (χ3v) is 4.95. The van der Waals surface area contributed by atoms with E-state index in [9.17, 15) is 26.7 Å². The number of aromatic nitrogens is 4. The Morgan fingerprint density at radius 1 is 1.10 bits per heavy atom. The Morgan fingerprint density at radius 3 is 2.48 bits per heavy atom. The maximum absolute atomic E-state index is 12.6. The van der Waals surface area contributed by atoms with Crippen LogP contribution in [0, 0.1) is 0 Å². The lowest BCUT2D eigenvalue weighted by Crippen LogP contribution is -2.46. The van der Waals surface area contributed by atoms with E-state index in [-0.39, 0.29) is 17.8 Å². The van der Waals surface area contributed by atoms with Gasteiger partial charge in [0.2, 0.25) is 5.89 Å². The molecule has 13 heteroatoms. The minimum absolute atomic E-state index is 0.101. The quantitative estimate of drug-likeness (QED) is 0.559. The molecule has 1 aromatic carbocycles. The Kier molecular flexibility index (Phi) is 5.60. The molecule has 0 unspecified atom stereocenters. The smallest absolute Gasteiger partial charge is 0.416 e. The van der Waals surface area contributed by atoms with Crippen LogP contribution in [-0.2, 0) is 19.3 Å². The summed E-state index contributed by atoms with van der Waals surface area (Å²) in [4.78, 5) is 20.4. The molecule has 1 saturated heterocycles. The molecule has 0 saturated carbocycles. The fraction of sp³-hybridized carbons (Fsp3) is 0.444. The Bertz CT molecular complexity index is 1120. The average Bonchev–Trinajstić information content (AvgIpc) is 3.19. The Balaban J connectivity index is 1.41. The third kappa shape index (κ3) is 4.65. The van der Waals surface area contributed by atoms with Crippen LogP contribution in [0.5, 0.6) is 0 Å². The summed E-state index contributed by atoms with van der Waals surface area (Å²) in [5.74, 6) is -1.46. The monoisotopic (exact) mass is 444 g/mol. The molecule has 1 fully saturated rings. The highest BCUT2D eigenvalue weighted by Crippen LogP contribution is 2.28. The number of hydrogen-bond acceptors (Lipinski definition) is 7. The molecule has 0 radical (unpaired) electrons. The van der Waals surface area contributed by atoms with Gasteiger partial charge in [0.25, 0.3) is 12.0 Å². The number of alkyl halides is 5. The van der Waals surface area contributed by atoms with E-state index in [1.165, 1.54) is 0 Å². The van der Waals surface area contributed by atoms with E-state index >= 15 is 0 Å². The highest BCUT2D eigenvalue weighted by Gasteiger charge is 2.38. The van der Waals surface area contributed by atoms with E-state index < -0.39 is 30.6 Å². The minimum Gasteiger partial charge on any atom is -0.416 e. The van der Waals surface area contributed by atoms with Crippen molar-refractivity contribution in [3.63, 3.8) is 0 Å². The molecule has 2 aromatic heterocycles. The lowest BCUT2D eigenvalue weighted by atomic mass is 10.2. The van der Waals surface area contributed by atoms with Crippen LogP contribution in [0.25, 0.3) is 10.9 Å². The maximum Gasteiger partial charge on any atom is 0.470 e. The van der Waals surface area contributed by atoms with E-state index in [0.29, 0.717) is 31.7 Å². The summed E-state index contributed by atoms with van der Waals surface area (Å²) in [5, 5.41) is 6.71. The second kappa shape index (κ2) is 8.21. The van der Waals surface area contributed by atoms with Gasteiger partial charge in [-0.25, -0.2) is 13.8 Å². The van der Waals surface area contributed by atoms with Gasteiger partial charge in [0.1, 0.15) is 0 Å². The lowest BCUT2D eigenvalue weighted by molar-refractivity contribution is -0.157. The first-order chi connectivity index (χ1) is 14.7. The number of piperazine rings is 1. The highest BCUT2D eigenvalue weighted by molar-refractivity contribution is 5.81. The molecule has 3 aromatic rings. The Labute approximate surface area is 171 Å². The van der Waals surface area contributed by atoms with Crippen LogP contribution in [0.15, 0.2) is 33.7 Å². The maximum atomic E-state index is 12.6. The molecular weight excluding hydrogens is 427 g/mol. The molecule has 0 amide bonds. The van der Waals surface area contributed by atoms with Gasteiger partial charge in [-0.2, -0.15) is 13.2 Å². The van der Waals surface area contributed by atoms with E-state index in [4.69, 9.17) is 0 Å². The number of nitrogens with zero attached hydrogens (tertiary/aromatic N) is 6. The van der Waals surface area contributed by atoms with Crippen molar-refractivity contribution >= 4 is 16.6 Å². The fourth-order valence-corrected chi connectivity index (χ4v) is 3.41. The largest absolute Gasteiger partial charge is 0.470 e. The van der Waals surface area contributed by atoms with Gasteiger partial charge >= 0.3 is 12.1 Å². The lowest BCUT2D eigenvalue weighted by Gasteiger charge is -2.35. The molecule has 166 valence electrons. The number of hydrogen-bond donors (Lipinski definition) is 0. The number of anilines is 1. The Hall–Kier alpha value is -3.09. The predicted octanol–water partition coefficient (Wildman–Crippen LogP) is 2.39. The van der Waals surface area contributed by atoms with Crippen molar-refractivity contribution in [3.05, 3.63) is 46.7 Å².